The second-order valence-corrected chi connectivity index (χ2v) is 4.99. The Balaban J connectivity index is 2.09. The van der Waals surface area contributed by atoms with Crippen molar-refractivity contribution in [2.75, 3.05) is 19.0 Å². The SMILES string of the molecule is CCNc1nc(C)c2cc(-c3cccc(OC)c3)cnc2n1. The van der Waals surface area contributed by atoms with E-state index in [1.165, 1.54) is 0 Å². The summed E-state index contributed by atoms with van der Waals surface area (Å²) in [4.78, 5) is 13.4. The Hall–Kier alpha value is -2.69. The van der Waals surface area contributed by atoms with Crippen molar-refractivity contribution in [1.29, 1.82) is 0 Å². The van der Waals surface area contributed by atoms with Gasteiger partial charge in [-0.1, -0.05) is 12.1 Å². The molecule has 0 unspecified atom stereocenters. The van der Waals surface area contributed by atoms with Crippen molar-refractivity contribution >= 4 is 17.0 Å². The van der Waals surface area contributed by atoms with Crippen LogP contribution >= 0.6 is 0 Å². The van der Waals surface area contributed by atoms with Gasteiger partial charge in [-0.3, -0.25) is 0 Å². The Kier molecular flexibility index (Phi) is 3.87. The van der Waals surface area contributed by atoms with Crippen molar-refractivity contribution < 1.29 is 4.74 Å². The van der Waals surface area contributed by atoms with Gasteiger partial charge in [-0.15, -0.1) is 0 Å². The number of rotatable bonds is 4. The van der Waals surface area contributed by atoms with Crippen molar-refractivity contribution in [2.45, 2.75) is 13.8 Å². The largest absolute Gasteiger partial charge is 0.497 e. The van der Waals surface area contributed by atoms with Gasteiger partial charge in [0.1, 0.15) is 5.75 Å². The number of aryl methyl sites for hydroxylation is 1. The fraction of sp³-hybridized carbons (Fsp3) is 0.235. The first-order valence-electron chi connectivity index (χ1n) is 7.24. The summed E-state index contributed by atoms with van der Waals surface area (Å²) in [6, 6.07) is 9.99. The Morgan fingerprint density at radius 2 is 2.00 bits per heavy atom. The highest BCUT2D eigenvalue weighted by Gasteiger charge is 2.08. The molecule has 0 radical (unpaired) electrons. The maximum atomic E-state index is 5.28. The van der Waals surface area contributed by atoms with E-state index in [0.717, 1.165) is 34.5 Å². The van der Waals surface area contributed by atoms with Gasteiger partial charge in [-0.25, -0.2) is 9.97 Å². The molecule has 0 fully saturated rings. The van der Waals surface area contributed by atoms with Crippen LogP contribution in [0.25, 0.3) is 22.2 Å². The van der Waals surface area contributed by atoms with E-state index >= 15 is 0 Å². The number of fused-ring (bicyclic) bond motifs is 1. The molecule has 0 amide bonds. The molecule has 0 atom stereocenters. The van der Waals surface area contributed by atoms with E-state index in [1.807, 2.05) is 44.3 Å². The number of hydrogen-bond donors (Lipinski definition) is 1. The van der Waals surface area contributed by atoms with Crippen LogP contribution in [0.1, 0.15) is 12.6 Å². The van der Waals surface area contributed by atoms with Gasteiger partial charge >= 0.3 is 0 Å². The predicted molar refractivity (Wildman–Crippen MR) is 88.2 cm³/mol. The van der Waals surface area contributed by atoms with Crippen molar-refractivity contribution in [2.24, 2.45) is 0 Å². The number of nitrogens with one attached hydrogen (secondary N) is 1. The van der Waals surface area contributed by atoms with Crippen LogP contribution in [0.5, 0.6) is 5.75 Å². The first kappa shape index (κ1) is 14.3. The molecule has 1 N–H and O–H groups in total. The van der Waals surface area contributed by atoms with Gasteiger partial charge in [0.2, 0.25) is 5.95 Å². The zero-order valence-corrected chi connectivity index (χ0v) is 12.9. The summed E-state index contributed by atoms with van der Waals surface area (Å²) in [5.74, 6) is 1.45. The normalized spacial score (nSPS) is 10.7. The van der Waals surface area contributed by atoms with Crippen molar-refractivity contribution in [3.05, 3.63) is 42.2 Å². The van der Waals surface area contributed by atoms with Crippen LogP contribution in [0.2, 0.25) is 0 Å². The molecule has 2 heterocycles. The Morgan fingerprint density at radius 3 is 2.77 bits per heavy atom. The average Bonchev–Trinajstić information content (AvgIpc) is 2.55. The molecular formula is C17H18N4O. The van der Waals surface area contributed by atoms with Gasteiger partial charge in [0.05, 0.1) is 12.8 Å². The lowest BCUT2D eigenvalue weighted by Crippen LogP contribution is -2.04. The monoisotopic (exact) mass is 294 g/mol. The molecule has 3 aromatic rings. The molecular weight excluding hydrogens is 276 g/mol. The second kappa shape index (κ2) is 5.97. The molecule has 22 heavy (non-hydrogen) atoms. The quantitative estimate of drug-likeness (QED) is 0.798. The predicted octanol–water partition coefficient (Wildman–Crippen LogP) is 3.44. The number of aromatic nitrogens is 3. The van der Waals surface area contributed by atoms with E-state index in [4.69, 9.17) is 4.74 Å². The lowest BCUT2D eigenvalue weighted by molar-refractivity contribution is 0.415. The van der Waals surface area contributed by atoms with Crippen LogP contribution in [-0.4, -0.2) is 28.6 Å². The van der Waals surface area contributed by atoms with E-state index in [1.54, 1.807) is 7.11 Å². The topological polar surface area (TPSA) is 59.9 Å². The highest BCUT2D eigenvalue weighted by atomic mass is 16.5. The standard InChI is InChI=1S/C17H18N4O/c1-4-18-17-20-11(2)15-9-13(10-19-16(15)21-17)12-6-5-7-14(8-12)22-3/h5-10H,4H2,1-3H3,(H,18,19,20,21). The van der Waals surface area contributed by atoms with Crippen LogP contribution in [0.3, 0.4) is 0 Å². The summed E-state index contributed by atoms with van der Waals surface area (Å²) < 4.78 is 5.28. The molecule has 112 valence electrons. The fourth-order valence-electron chi connectivity index (χ4n) is 2.35. The summed E-state index contributed by atoms with van der Waals surface area (Å²) in [6.45, 7) is 4.77. The number of pyridine rings is 1. The molecule has 0 aliphatic rings. The Bertz CT molecular complexity index is 817. The number of benzene rings is 1. The molecule has 0 bridgehead atoms. The van der Waals surface area contributed by atoms with Crippen molar-refractivity contribution in [3.8, 4) is 16.9 Å². The second-order valence-electron chi connectivity index (χ2n) is 4.99. The molecule has 1 aromatic carbocycles. The molecule has 0 aliphatic heterocycles. The average molecular weight is 294 g/mol. The molecule has 2 aromatic heterocycles. The number of nitrogens with zero attached hydrogens (tertiary/aromatic N) is 3. The van der Waals surface area contributed by atoms with E-state index in [2.05, 4.69) is 26.3 Å². The number of methoxy groups -OCH3 is 1. The maximum absolute atomic E-state index is 5.28. The number of hydrogen-bond acceptors (Lipinski definition) is 5. The molecule has 5 heteroatoms. The van der Waals surface area contributed by atoms with E-state index in [-0.39, 0.29) is 0 Å². The van der Waals surface area contributed by atoms with Crippen molar-refractivity contribution in [3.63, 3.8) is 0 Å². The molecule has 0 spiro atoms. The number of ether oxygens (including phenoxy) is 1. The first-order valence-corrected chi connectivity index (χ1v) is 7.24. The molecule has 0 saturated heterocycles. The van der Waals surface area contributed by atoms with Gasteiger partial charge in [-0.2, -0.15) is 4.98 Å². The third-order valence-electron chi connectivity index (χ3n) is 3.48. The zero-order chi connectivity index (χ0) is 15.5. The minimum Gasteiger partial charge on any atom is -0.497 e. The Morgan fingerprint density at radius 1 is 1.14 bits per heavy atom. The van der Waals surface area contributed by atoms with Crippen LogP contribution in [0.15, 0.2) is 36.5 Å². The molecule has 3 rings (SSSR count). The smallest absolute Gasteiger partial charge is 0.224 e. The summed E-state index contributed by atoms with van der Waals surface area (Å²) in [5.41, 5.74) is 3.70. The molecule has 5 nitrogen and oxygen atoms in total. The van der Waals surface area contributed by atoms with Gasteiger partial charge < -0.3 is 10.1 Å². The molecule has 0 saturated carbocycles. The first-order chi connectivity index (χ1) is 10.7. The van der Waals surface area contributed by atoms with Crippen LogP contribution in [-0.2, 0) is 0 Å². The minimum absolute atomic E-state index is 0.620. The summed E-state index contributed by atoms with van der Waals surface area (Å²) in [5, 5.41) is 4.08. The van der Waals surface area contributed by atoms with Gasteiger partial charge in [-0.05, 0) is 37.6 Å². The van der Waals surface area contributed by atoms with Gasteiger partial charge in [0.25, 0.3) is 0 Å². The third-order valence-corrected chi connectivity index (χ3v) is 3.48. The fourth-order valence-corrected chi connectivity index (χ4v) is 2.35. The zero-order valence-electron chi connectivity index (χ0n) is 12.9. The van der Waals surface area contributed by atoms with E-state index in [9.17, 15) is 0 Å². The van der Waals surface area contributed by atoms with Gasteiger partial charge in [0.15, 0.2) is 5.65 Å². The Labute approximate surface area is 129 Å². The van der Waals surface area contributed by atoms with Gasteiger partial charge in [0, 0.05) is 23.7 Å². The summed E-state index contributed by atoms with van der Waals surface area (Å²) in [6.07, 6.45) is 1.83. The maximum Gasteiger partial charge on any atom is 0.224 e. The van der Waals surface area contributed by atoms with Crippen LogP contribution in [0.4, 0.5) is 5.95 Å². The number of anilines is 1. The highest BCUT2D eigenvalue weighted by Crippen LogP contribution is 2.26. The minimum atomic E-state index is 0.620. The van der Waals surface area contributed by atoms with E-state index in [0.29, 0.717) is 11.6 Å². The molecule has 0 aliphatic carbocycles. The lowest BCUT2D eigenvalue weighted by atomic mass is 10.1. The van der Waals surface area contributed by atoms with Crippen molar-refractivity contribution in [1.82, 2.24) is 15.0 Å². The summed E-state index contributed by atoms with van der Waals surface area (Å²) in [7, 11) is 1.66. The summed E-state index contributed by atoms with van der Waals surface area (Å²) >= 11 is 0. The lowest BCUT2D eigenvalue weighted by Gasteiger charge is -2.08. The highest BCUT2D eigenvalue weighted by molar-refractivity contribution is 5.83. The van der Waals surface area contributed by atoms with Crippen LogP contribution < -0.4 is 10.1 Å². The van der Waals surface area contributed by atoms with Crippen LogP contribution in [0, 0.1) is 6.92 Å². The third kappa shape index (κ3) is 2.70. The van der Waals surface area contributed by atoms with E-state index < -0.39 is 0 Å².